The number of benzene rings is 3. The van der Waals surface area contributed by atoms with Crippen molar-refractivity contribution in [3.63, 3.8) is 0 Å². The summed E-state index contributed by atoms with van der Waals surface area (Å²) in [6.07, 6.45) is -0.532. The molecule has 1 aromatic heterocycles. The van der Waals surface area contributed by atoms with Crippen molar-refractivity contribution in [2.45, 2.75) is 17.9 Å². The average molecular weight is 570 g/mol. The lowest BCUT2D eigenvalue weighted by atomic mass is 9.99. The van der Waals surface area contributed by atoms with Gasteiger partial charge < -0.3 is 24.9 Å². The van der Waals surface area contributed by atoms with Crippen molar-refractivity contribution in [1.29, 1.82) is 0 Å². The number of carbonyl (C=O) groups excluding carboxylic acids is 1. The number of aromatic nitrogens is 1. The van der Waals surface area contributed by atoms with Crippen LogP contribution in [0.25, 0.3) is 22.0 Å². The van der Waals surface area contributed by atoms with Crippen molar-refractivity contribution in [2.75, 3.05) is 33.4 Å². The highest BCUT2D eigenvalue weighted by Gasteiger charge is 2.36. The summed E-state index contributed by atoms with van der Waals surface area (Å²) in [5.41, 5.74) is 8.76. The van der Waals surface area contributed by atoms with E-state index in [4.69, 9.17) is 31.5 Å². The van der Waals surface area contributed by atoms with Crippen LogP contribution < -0.4 is 15.2 Å². The number of H-pyrrole nitrogens is 1. The maximum absolute atomic E-state index is 13.8. The second kappa shape index (κ2) is 10.9. The van der Waals surface area contributed by atoms with Crippen molar-refractivity contribution < 1.29 is 27.4 Å². The van der Waals surface area contributed by atoms with Gasteiger partial charge in [-0.25, -0.2) is 8.42 Å². The zero-order chi connectivity index (χ0) is 27.7. The van der Waals surface area contributed by atoms with Gasteiger partial charge in [0.2, 0.25) is 10.0 Å². The smallest absolute Gasteiger partial charge is 0.266 e. The lowest BCUT2D eigenvalue weighted by molar-refractivity contribution is -0.0249. The second-order valence-corrected chi connectivity index (χ2v) is 11.5. The summed E-state index contributed by atoms with van der Waals surface area (Å²) >= 11 is 6.13. The number of nitrogens with two attached hydrogens (primary N) is 1. The fourth-order valence-electron chi connectivity index (χ4n) is 4.76. The Labute approximate surface area is 231 Å². The fourth-order valence-corrected chi connectivity index (χ4v) is 6.72. The standard InChI is InChI=1S/C28H28ClN3O6S/c1-17-7-9-19(14-22(17)21-5-3-4-6-25(21)36-2)38-16-20-15-32(11-12-37-20)39(34,35)27-23-13-18(29)8-10-24(23)31-26(27)28(30)33/h3-10,13-14,20,31H,11-12,15-16H2,1-2H3,(H2,30,33)/t20-/m0/s1. The van der Waals surface area contributed by atoms with Crippen LogP contribution in [0.3, 0.4) is 0 Å². The Morgan fingerprint density at radius 1 is 1.15 bits per heavy atom. The van der Waals surface area contributed by atoms with Gasteiger partial charge in [0.1, 0.15) is 34.8 Å². The normalized spacial score (nSPS) is 16.3. The van der Waals surface area contributed by atoms with Gasteiger partial charge in [-0.05, 0) is 54.4 Å². The lowest BCUT2D eigenvalue weighted by Gasteiger charge is -2.32. The highest BCUT2D eigenvalue weighted by molar-refractivity contribution is 7.89. The first-order valence-electron chi connectivity index (χ1n) is 12.3. The first kappa shape index (κ1) is 27.0. The van der Waals surface area contributed by atoms with Crippen LogP contribution in [-0.4, -0.2) is 63.1 Å². The van der Waals surface area contributed by atoms with Crippen LogP contribution in [-0.2, 0) is 14.8 Å². The maximum atomic E-state index is 13.8. The Morgan fingerprint density at radius 3 is 2.72 bits per heavy atom. The number of hydrogen-bond donors (Lipinski definition) is 2. The van der Waals surface area contributed by atoms with E-state index in [1.54, 1.807) is 19.2 Å². The lowest BCUT2D eigenvalue weighted by Crippen LogP contribution is -2.47. The number of morpholine rings is 1. The average Bonchev–Trinajstić information content (AvgIpc) is 3.33. The van der Waals surface area contributed by atoms with Gasteiger partial charge in [0.15, 0.2) is 0 Å². The first-order chi connectivity index (χ1) is 18.7. The van der Waals surface area contributed by atoms with Crippen molar-refractivity contribution in [2.24, 2.45) is 5.73 Å². The van der Waals surface area contributed by atoms with Crippen molar-refractivity contribution in [1.82, 2.24) is 9.29 Å². The van der Waals surface area contributed by atoms with E-state index in [9.17, 15) is 13.2 Å². The number of aryl methyl sites for hydroxylation is 1. The molecule has 1 fully saturated rings. The quantitative estimate of drug-likeness (QED) is 0.325. The molecule has 0 unspecified atom stereocenters. The summed E-state index contributed by atoms with van der Waals surface area (Å²) in [4.78, 5) is 14.8. The van der Waals surface area contributed by atoms with E-state index in [0.29, 0.717) is 21.7 Å². The van der Waals surface area contributed by atoms with Gasteiger partial charge in [0, 0.05) is 34.6 Å². The monoisotopic (exact) mass is 569 g/mol. The molecule has 9 nitrogen and oxygen atoms in total. The third-order valence-corrected chi connectivity index (χ3v) is 8.89. The molecule has 1 amide bonds. The molecule has 5 rings (SSSR count). The van der Waals surface area contributed by atoms with Crippen LogP contribution in [0.2, 0.25) is 5.02 Å². The molecule has 1 aliphatic rings. The highest BCUT2D eigenvalue weighted by Crippen LogP contribution is 2.35. The number of ether oxygens (including phenoxy) is 3. The molecule has 1 saturated heterocycles. The Balaban J connectivity index is 1.36. The third kappa shape index (κ3) is 5.33. The number of aromatic amines is 1. The van der Waals surface area contributed by atoms with E-state index in [0.717, 1.165) is 22.4 Å². The molecule has 1 atom stereocenters. The van der Waals surface area contributed by atoms with Crippen LogP contribution in [0.5, 0.6) is 11.5 Å². The minimum absolute atomic E-state index is 0.0407. The molecule has 11 heteroatoms. The van der Waals surface area contributed by atoms with E-state index < -0.39 is 22.0 Å². The molecule has 1 aliphatic heterocycles. The molecule has 3 aromatic carbocycles. The highest BCUT2D eigenvalue weighted by atomic mass is 35.5. The van der Waals surface area contributed by atoms with Gasteiger partial charge in [0.25, 0.3) is 5.91 Å². The van der Waals surface area contributed by atoms with Crippen LogP contribution in [0, 0.1) is 6.92 Å². The van der Waals surface area contributed by atoms with Crippen LogP contribution in [0.1, 0.15) is 16.1 Å². The largest absolute Gasteiger partial charge is 0.496 e. The molecular formula is C28H28ClN3O6S. The zero-order valence-corrected chi connectivity index (χ0v) is 23.0. The predicted octanol–water partition coefficient (Wildman–Crippen LogP) is 4.37. The second-order valence-electron chi connectivity index (χ2n) is 9.23. The minimum Gasteiger partial charge on any atom is -0.496 e. The number of para-hydroxylation sites is 1. The van der Waals surface area contributed by atoms with Crippen molar-refractivity contribution >= 4 is 38.4 Å². The summed E-state index contributed by atoms with van der Waals surface area (Å²) < 4.78 is 46.2. The van der Waals surface area contributed by atoms with Gasteiger partial charge in [-0.1, -0.05) is 35.9 Å². The van der Waals surface area contributed by atoms with Crippen LogP contribution in [0.15, 0.2) is 65.6 Å². The SMILES string of the molecule is COc1ccccc1-c1cc(OC[C@@H]2CN(S(=O)(=O)c3c(C(N)=O)[nH]c4ccc(Cl)cc34)CCO2)ccc1C. The number of nitrogens with zero attached hydrogens (tertiary/aromatic N) is 1. The Hall–Kier alpha value is -3.57. The molecule has 2 heterocycles. The third-order valence-electron chi connectivity index (χ3n) is 6.70. The van der Waals surface area contributed by atoms with Gasteiger partial charge >= 0.3 is 0 Å². The van der Waals surface area contributed by atoms with E-state index >= 15 is 0 Å². The number of fused-ring (bicyclic) bond motifs is 1. The summed E-state index contributed by atoms with van der Waals surface area (Å²) in [6.45, 7) is 2.47. The Kier molecular flexibility index (Phi) is 7.55. The molecule has 0 spiro atoms. The predicted molar refractivity (Wildman–Crippen MR) is 149 cm³/mol. The summed E-state index contributed by atoms with van der Waals surface area (Å²) in [5.74, 6) is 0.495. The van der Waals surface area contributed by atoms with Crippen LogP contribution >= 0.6 is 11.6 Å². The van der Waals surface area contributed by atoms with Gasteiger partial charge in [-0.3, -0.25) is 4.79 Å². The molecule has 0 aliphatic carbocycles. The number of primary amides is 1. The van der Waals surface area contributed by atoms with Crippen LogP contribution in [0.4, 0.5) is 0 Å². The summed E-state index contributed by atoms with van der Waals surface area (Å²) in [5, 5.41) is 0.645. The number of carbonyl (C=O) groups is 1. The van der Waals surface area contributed by atoms with Gasteiger partial charge in [-0.2, -0.15) is 4.31 Å². The fraction of sp³-hybridized carbons (Fsp3) is 0.250. The number of halogens is 1. The molecule has 0 saturated carbocycles. The van der Waals surface area contributed by atoms with E-state index in [-0.39, 0.29) is 36.9 Å². The number of amides is 1. The molecular weight excluding hydrogens is 542 g/mol. The van der Waals surface area contributed by atoms with Gasteiger partial charge in [-0.15, -0.1) is 0 Å². The molecule has 3 N–H and O–H groups in total. The zero-order valence-electron chi connectivity index (χ0n) is 21.4. The Bertz CT molecular complexity index is 1650. The number of sulfonamides is 1. The first-order valence-corrected chi connectivity index (χ1v) is 14.1. The number of rotatable bonds is 8. The van der Waals surface area contributed by atoms with E-state index in [1.165, 1.54) is 10.4 Å². The molecule has 0 bridgehead atoms. The maximum Gasteiger partial charge on any atom is 0.266 e. The number of methoxy groups -OCH3 is 1. The summed E-state index contributed by atoms with van der Waals surface area (Å²) in [6, 6.07) is 18.2. The van der Waals surface area contributed by atoms with Gasteiger partial charge in [0.05, 0.1) is 13.7 Å². The van der Waals surface area contributed by atoms with E-state index in [1.807, 2.05) is 49.4 Å². The van der Waals surface area contributed by atoms with Crippen molar-refractivity contribution in [3.8, 4) is 22.6 Å². The molecule has 0 radical (unpaired) electrons. The molecule has 4 aromatic rings. The molecule has 204 valence electrons. The van der Waals surface area contributed by atoms with E-state index in [2.05, 4.69) is 4.98 Å². The summed E-state index contributed by atoms with van der Waals surface area (Å²) in [7, 11) is -2.49. The topological polar surface area (TPSA) is 124 Å². The van der Waals surface area contributed by atoms with Crippen molar-refractivity contribution in [3.05, 3.63) is 76.9 Å². The number of nitrogens with one attached hydrogen (secondary N) is 1. The molecule has 39 heavy (non-hydrogen) atoms. The Morgan fingerprint density at radius 2 is 1.95 bits per heavy atom. The number of hydrogen-bond acceptors (Lipinski definition) is 6. The minimum atomic E-state index is -4.12.